The van der Waals surface area contributed by atoms with Gasteiger partial charge in [-0.15, -0.1) is 0 Å². The van der Waals surface area contributed by atoms with Crippen molar-refractivity contribution >= 4 is 51.6 Å². The summed E-state index contributed by atoms with van der Waals surface area (Å²) in [5.74, 6) is 0.135. The van der Waals surface area contributed by atoms with E-state index < -0.39 is 16.5 Å². The van der Waals surface area contributed by atoms with E-state index in [0.29, 0.717) is 19.3 Å². The van der Waals surface area contributed by atoms with Gasteiger partial charge in [0.15, 0.2) is 0 Å². The Hall–Kier alpha value is -0.440. The molecule has 1 aromatic carbocycles. The van der Waals surface area contributed by atoms with Crippen molar-refractivity contribution in [1.29, 1.82) is 0 Å². The van der Waals surface area contributed by atoms with Crippen LogP contribution in [0.3, 0.4) is 0 Å². The van der Waals surface area contributed by atoms with E-state index in [-0.39, 0.29) is 35.5 Å². The molecule has 0 aliphatic carbocycles. The van der Waals surface area contributed by atoms with E-state index in [4.69, 9.17) is 8.74 Å². The maximum atomic E-state index is 12.3. The third-order valence-electron chi connectivity index (χ3n) is 5.82. The van der Waals surface area contributed by atoms with Gasteiger partial charge in [0.1, 0.15) is 0 Å². The maximum absolute atomic E-state index is 12.3. The van der Waals surface area contributed by atoms with Gasteiger partial charge in [0.05, 0.1) is 6.10 Å². The molecule has 1 amide bonds. The van der Waals surface area contributed by atoms with Gasteiger partial charge >= 0.3 is 10.4 Å². The predicted octanol–water partition coefficient (Wildman–Crippen LogP) is 6.33. The van der Waals surface area contributed by atoms with Crippen LogP contribution in [0.5, 0.6) is 0 Å². The van der Waals surface area contributed by atoms with Crippen LogP contribution < -0.4 is 4.90 Å². The average molecular weight is 493 g/mol. The number of hydrogen-bond donors (Lipinski definition) is 1. The van der Waals surface area contributed by atoms with Crippen LogP contribution in [0.25, 0.3) is 0 Å². The standard InChI is InChI=1S/C25H43NO5S.Na/c1-3-4-5-6-9-15-20-24(31-32(28,29)30)21-16-10-7-8-11-17-22-25(27)26(2)23-18-13-12-14-19-23;/h12-14,18-19,24H,3-11,15-17,20-22H2,1-2H3,(H,28,29,30);. The summed E-state index contributed by atoms with van der Waals surface area (Å²) in [7, 11) is -2.59. The summed E-state index contributed by atoms with van der Waals surface area (Å²) in [5.41, 5.74) is 0.917. The van der Waals surface area contributed by atoms with Crippen molar-refractivity contribution in [2.75, 3.05) is 11.9 Å². The quantitative estimate of drug-likeness (QED) is 0.139. The number of para-hydroxylation sites is 1. The van der Waals surface area contributed by atoms with Gasteiger partial charge in [-0.3, -0.25) is 9.35 Å². The molecular weight excluding hydrogens is 449 g/mol. The third-order valence-corrected chi connectivity index (χ3v) is 6.34. The van der Waals surface area contributed by atoms with E-state index in [9.17, 15) is 13.2 Å². The molecule has 0 aliphatic heterocycles. The summed E-state index contributed by atoms with van der Waals surface area (Å²) < 4.78 is 36.2. The minimum absolute atomic E-state index is 0. The molecule has 8 heteroatoms. The van der Waals surface area contributed by atoms with Crippen molar-refractivity contribution in [3.8, 4) is 0 Å². The first-order valence-corrected chi connectivity index (χ1v) is 13.7. The molecule has 0 heterocycles. The normalized spacial score (nSPS) is 12.2. The monoisotopic (exact) mass is 492 g/mol. The zero-order valence-electron chi connectivity index (χ0n) is 21.0. The van der Waals surface area contributed by atoms with Crippen molar-refractivity contribution in [2.24, 2.45) is 0 Å². The van der Waals surface area contributed by atoms with Crippen LogP contribution in [-0.4, -0.2) is 61.6 Å². The van der Waals surface area contributed by atoms with Crippen LogP contribution >= 0.6 is 0 Å². The minimum atomic E-state index is -4.40. The topological polar surface area (TPSA) is 83.9 Å². The molecule has 6 nitrogen and oxygen atoms in total. The van der Waals surface area contributed by atoms with Gasteiger partial charge in [0.2, 0.25) is 5.91 Å². The van der Waals surface area contributed by atoms with Gasteiger partial charge in [0.25, 0.3) is 0 Å². The molecule has 1 unspecified atom stereocenters. The second-order valence-electron chi connectivity index (χ2n) is 8.65. The summed E-state index contributed by atoms with van der Waals surface area (Å²) >= 11 is 0. The number of nitrogens with zero attached hydrogens (tertiary/aromatic N) is 1. The maximum Gasteiger partial charge on any atom is 0.397 e. The largest absolute Gasteiger partial charge is 0.397 e. The summed E-state index contributed by atoms with van der Waals surface area (Å²) in [4.78, 5) is 14.0. The third kappa shape index (κ3) is 17.6. The number of hydrogen-bond acceptors (Lipinski definition) is 4. The average Bonchev–Trinajstić information content (AvgIpc) is 2.76. The fourth-order valence-corrected chi connectivity index (χ4v) is 4.42. The van der Waals surface area contributed by atoms with Gasteiger partial charge in [-0.25, -0.2) is 4.18 Å². The number of amides is 1. The van der Waals surface area contributed by atoms with Crippen molar-refractivity contribution in [3.05, 3.63) is 30.3 Å². The molecule has 0 spiro atoms. The van der Waals surface area contributed by atoms with E-state index >= 15 is 0 Å². The van der Waals surface area contributed by atoms with Crippen LogP contribution in [0, 0.1) is 0 Å². The minimum Gasteiger partial charge on any atom is -0.316 e. The Morgan fingerprint density at radius 2 is 1.36 bits per heavy atom. The Bertz CT molecular complexity index is 715. The summed E-state index contributed by atoms with van der Waals surface area (Å²) in [6.45, 7) is 2.18. The van der Waals surface area contributed by atoms with Crippen LogP contribution in [0.4, 0.5) is 5.69 Å². The zero-order valence-corrected chi connectivity index (χ0v) is 23.8. The molecular formula is C25H43NNaO5S. The summed E-state index contributed by atoms with van der Waals surface area (Å²) in [6.07, 6.45) is 14.1. The molecule has 0 fully saturated rings. The predicted molar refractivity (Wildman–Crippen MR) is 137 cm³/mol. The molecule has 185 valence electrons. The number of carbonyl (C=O) groups excluding carboxylic acids is 1. The first-order chi connectivity index (χ1) is 15.3. The molecule has 0 bridgehead atoms. The van der Waals surface area contributed by atoms with Crippen LogP contribution in [0.15, 0.2) is 30.3 Å². The van der Waals surface area contributed by atoms with Crippen LogP contribution in [0.1, 0.15) is 103 Å². The van der Waals surface area contributed by atoms with Crippen molar-refractivity contribution in [2.45, 2.75) is 109 Å². The van der Waals surface area contributed by atoms with Gasteiger partial charge in [-0.2, -0.15) is 8.42 Å². The Labute approximate surface area is 224 Å². The molecule has 0 saturated carbocycles. The van der Waals surface area contributed by atoms with Gasteiger partial charge in [-0.1, -0.05) is 95.8 Å². The SMILES string of the molecule is CCCCCCCCC(CCCCCCCCC(=O)N(C)c1ccccc1)OS(=O)(=O)O.[Na]. The second-order valence-corrected chi connectivity index (χ2v) is 9.70. The van der Waals surface area contributed by atoms with Crippen LogP contribution in [-0.2, 0) is 19.4 Å². The molecule has 0 aromatic heterocycles. The Morgan fingerprint density at radius 1 is 0.879 bits per heavy atom. The van der Waals surface area contributed by atoms with Crippen molar-refractivity contribution in [1.82, 2.24) is 0 Å². The molecule has 1 atom stereocenters. The summed E-state index contributed by atoms with van der Waals surface area (Å²) in [6, 6.07) is 9.66. The van der Waals surface area contributed by atoms with E-state index in [1.54, 1.807) is 4.90 Å². The molecule has 1 radical (unpaired) electrons. The summed E-state index contributed by atoms with van der Waals surface area (Å²) in [5, 5.41) is 0. The van der Waals surface area contributed by atoms with Crippen molar-refractivity contribution < 1.29 is 21.9 Å². The molecule has 1 N–H and O–H groups in total. The molecule has 0 saturated heterocycles. The Morgan fingerprint density at radius 3 is 1.88 bits per heavy atom. The van der Waals surface area contributed by atoms with Crippen LogP contribution in [0.2, 0.25) is 0 Å². The zero-order chi connectivity index (χ0) is 23.7. The number of anilines is 1. The van der Waals surface area contributed by atoms with E-state index in [1.807, 2.05) is 37.4 Å². The van der Waals surface area contributed by atoms with Gasteiger partial charge in [-0.05, 0) is 31.4 Å². The molecule has 33 heavy (non-hydrogen) atoms. The Kier molecular flexibility index (Phi) is 19.6. The first-order valence-electron chi connectivity index (χ1n) is 12.3. The second kappa shape index (κ2) is 19.8. The van der Waals surface area contributed by atoms with Crippen molar-refractivity contribution in [3.63, 3.8) is 0 Å². The fourth-order valence-electron chi connectivity index (χ4n) is 3.88. The molecule has 1 aromatic rings. The van der Waals surface area contributed by atoms with Gasteiger partial charge in [0, 0.05) is 48.7 Å². The van der Waals surface area contributed by atoms with E-state index in [2.05, 4.69) is 6.92 Å². The van der Waals surface area contributed by atoms with Gasteiger partial charge < -0.3 is 4.90 Å². The smallest absolute Gasteiger partial charge is 0.316 e. The Balaban J connectivity index is 0.0000102. The van der Waals surface area contributed by atoms with E-state index in [0.717, 1.165) is 63.5 Å². The number of benzene rings is 1. The number of unbranched alkanes of at least 4 members (excludes halogenated alkanes) is 10. The molecule has 1 rings (SSSR count). The first kappa shape index (κ1) is 32.6. The molecule has 0 aliphatic rings. The fraction of sp³-hybridized carbons (Fsp3) is 0.720. The number of carbonyl (C=O) groups is 1. The number of rotatable bonds is 19. The van der Waals surface area contributed by atoms with E-state index in [1.165, 1.54) is 19.3 Å².